The number of rotatable bonds is 8. The van der Waals surface area contributed by atoms with Gasteiger partial charge < -0.3 is 19.5 Å². The molecule has 2 rings (SSSR count). The summed E-state index contributed by atoms with van der Waals surface area (Å²) in [6.07, 6.45) is 0.281. The predicted octanol–water partition coefficient (Wildman–Crippen LogP) is 3.16. The van der Waals surface area contributed by atoms with E-state index in [9.17, 15) is 13.2 Å². The summed E-state index contributed by atoms with van der Waals surface area (Å²) in [5.41, 5.74) is 0.870. The van der Waals surface area contributed by atoms with Gasteiger partial charge in [-0.2, -0.15) is 0 Å². The van der Waals surface area contributed by atoms with E-state index in [0.717, 1.165) is 10.6 Å². The van der Waals surface area contributed by atoms with Crippen LogP contribution in [0.4, 0.5) is 11.4 Å². The third kappa shape index (κ3) is 5.68. The van der Waals surface area contributed by atoms with E-state index in [4.69, 9.17) is 25.8 Å². The summed E-state index contributed by atoms with van der Waals surface area (Å²) < 4.78 is 40.4. The zero-order valence-corrected chi connectivity index (χ0v) is 18.3. The maximum Gasteiger partial charge on any atom is 0.265 e. The summed E-state index contributed by atoms with van der Waals surface area (Å²) in [5.74, 6) is 0.774. The smallest absolute Gasteiger partial charge is 0.265 e. The van der Waals surface area contributed by atoms with Crippen molar-refractivity contribution in [2.45, 2.75) is 13.0 Å². The molecule has 0 radical (unpaired) electrons. The lowest BCUT2D eigenvalue weighted by Gasteiger charge is -2.19. The molecule has 0 fully saturated rings. The van der Waals surface area contributed by atoms with Gasteiger partial charge in [-0.15, -0.1) is 0 Å². The van der Waals surface area contributed by atoms with Gasteiger partial charge in [-0.1, -0.05) is 11.6 Å². The predicted molar refractivity (Wildman–Crippen MR) is 113 cm³/mol. The standard InChI is InChI=1S/C19H23ClN2O6S/c1-12(28-14-8-6-13(7-9-14)22(2)29(5,24)25)19(23)21-16-11-17(26-3)15(20)10-18(16)27-4/h6-12H,1-5H3,(H,21,23)/t12-/m1/s1. The number of methoxy groups -OCH3 is 2. The number of nitrogens with zero attached hydrogens (tertiary/aromatic N) is 1. The maximum absolute atomic E-state index is 12.5. The summed E-state index contributed by atoms with van der Waals surface area (Å²) in [7, 11) is 1.02. The number of hydrogen-bond acceptors (Lipinski definition) is 6. The van der Waals surface area contributed by atoms with Crippen molar-refractivity contribution in [3.8, 4) is 17.2 Å². The molecule has 158 valence electrons. The number of carbonyl (C=O) groups is 1. The first kappa shape index (κ1) is 22.6. The quantitative estimate of drug-likeness (QED) is 0.674. The lowest BCUT2D eigenvalue weighted by molar-refractivity contribution is -0.122. The molecule has 0 saturated heterocycles. The van der Waals surface area contributed by atoms with Crippen LogP contribution >= 0.6 is 11.6 Å². The maximum atomic E-state index is 12.5. The number of nitrogens with one attached hydrogen (secondary N) is 1. The zero-order valence-electron chi connectivity index (χ0n) is 16.7. The number of sulfonamides is 1. The Balaban J connectivity index is 2.10. The van der Waals surface area contributed by atoms with Crippen molar-refractivity contribution >= 4 is 38.9 Å². The van der Waals surface area contributed by atoms with Crippen molar-refractivity contribution in [1.82, 2.24) is 0 Å². The van der Waals surface area contributed by atoms with E-state index >= 15 is 0 Å². The molecule has 0 spiro atoms. The number of benzene rings is 2. The molecule has 2 aromatic carbocycles. The van der Waals surface area contributed by atoms with Crippen molar-refractivity contribution in [3.63, 3.8) is 0 Å². The summed E-state index contributed by atoms with van der Waals surface area (Å²) in [6, 6.07) is 9.46. The molecule has 2 aromatic rings. The van der Waals surface area contributed by atoms with Crippen molar-refractivity contribution in [1.29, 1.82) is 0 Å². The molecule has 0 heterocycles. The Kier molecular flexibility index (Phi) is 7.21. The Hall–Kier alpha value is -2.65. The number of hydrogen-bond donors (Lipinski definition) is 1. The summed E-state index contributed by atoms with van der Waals surface area (Å²) in [5, 5.41) is 3.07. The molecular formula is C19H23ClN2O6S. The van der Waals surface area contributed by atoms with Gasteiger partial charge in [-0.05, 0) is 31.2 Å². The minimum Gasteiger partial charge on any atom is -0.495 e. The van der Waals surface area contributed by atoms with Crippen LogP contribution in [0.25, 0.3) is 0 Å². The van der Waals surface area contributed by atoms with E-state index in [1.807, 2.05) is 0 Å². The van der Waals surface area contributed by atoms with Crippen molar-refractivity contribution in [2.24, 2.45) is 0 Å². The Morgan fingerprint density at radius 2 is 1.69 bits per heavy atom. The molecule has 1 amide bonds. The second-order valence-electron chi connectivity index (χ2n) is 6.16. The van der Waals surface area contributed by atoms with Gasteiger partial charge >= 0.3 is 0 Å². The van der Waals surface area contributed by atoms with Crippen LogP contribution in [0, 0.1) is 0 Å². The highest BCUT2D eigenvalue weighted by molar-refractivity contribution is 7.92. The molecule has 0 aliphatic rings. The molecule has 29 heavy (non-hydrogen) atoms. The fraction of sp³-hybridized carbons (Fsp3) is 0.316. The van der Waals surface area contributed by atoms with Crippen LogP contribution in [0.5, 0.6) is 17.2 Å². The molecule has 8 nitrogen and oxygen atoms in total. The Morgan fingerprint density at radius 1 is 1.10 bits per heavy atom. The van der Waals surface area contributed by atoms with Gasteiger partial charge in [0.25, 0.3) is 5.91 Å². The van der Waals surface area contributed by atoms with Gasteiger partial charge in [-0.25, -0.2) is 8.42 Å². The topological polar surface area (TPSA) is 94.2 Å². The van der Waals surface area contributed by atoms with E-state index in [-0.39, 0.29) is 0 Å². The van der Waals surface area contributed by atoms with Crippen LogP contribution in [0.3, 0.4) is 0 Å². The molecule has 1 atom stereocenters. The Bertz CT molecular complexity index is 979. The average molecular weight is 443 g/mol. The lowest BCUT2D eigenvalue weighted by atomic mass is 10.2. The highest BCUT2D eigenvalue weighted by Gasteiger charge is 2.19. The zero-order chi connectivity index (χ0) is 21.8. The average Bonchev–Trinajstić information content (AvgIpc) is 2.68. The second kappa shape index (κ2) is 9.23. The Labute approximate surface area is 175 Å². The first-order valence-electron chi connectivity index (χ1n) is 8.49. The first-order valence-corrected chi connectivity index (χ1v) is 10.7. The van der Waals surface area contributed by atoms with E-state index in [1.165, 1.54) is 21.3 Å². The number of halogens is 1. The van der Waals surface area contributed by atoms with E-state index in [0.29, 0.717) is 33.6 Å². The third-order valence-electron chi connectivity index (χ3n) is 4.11. The van der Waals surface area contributed by atoms with E-state index < -0.39 is 22.0 Å². The first-order chi connectivity index (χ1) is 13.6. The largest absolute Gasteiger partial charge is 0.495 e. The highest BCUT2D eigenvalue weighted by atomic mass is 35.5. The molecule has 0 aliphatic heterocycles. The molecule has 0 aromatic heterocycles. The SMILES string of the molecule is COc1cc(NC(=O)[C@@H](C)Oc2ccc(N(C)S(C)(=O)=O)cc2)c(OC)cc1Cl. The molecule has 0 aliphatic carbocycles. The van der Waals surface area contributed by atoms with Crippen molar-refractivity contribution in [2.75, 3.05) is 37.1 Å². The number of carbonyl (C=O) groups excluding carboxylic acids is 1. The van der Waals surface area contributed by atoms with Gasteiger partial charge in [0.1, 0.15) is 17.2 Å². The van der Waals surface area contributed by atoms with Crippen molar-refractivity contribution < 1.29 is 27.4 Å². The summed E-state index contributed by atoms with van der Waals surface area (Å²) >= 11 is 6.07. The minimum absolute atomic E-state index is 0.353. The van der Waals surface area contributed by atoms with Crippen LogP contribution in [0.2, 0.25) is 5.02 Å². The second-order valence-corrected chi connectivity index (χ2v) is 8.58. The van der Waals surface area contributed by atoms with E-state index in [1.54, 1.807) is 43.3 Å². The molecule has 10 heteroatoms. The lowest BCUT2D eigenvalue weighted by Crippen LogP contribution is -2.30. The number of anilines is 2. The van der Waals surface area contributed by atoms with Crippen LogP contribution in [0.1, 0.15) is 6.92 Å². The third-order valence-corrected chi connectivity index (χ3v) is 5.61. The minimum atomic E-state index is -3.36. The highest BCUT2D eigenvalue weighted by Crippen LogP contribution is 2.36. The van der Waals surface area contributed by atoms with Crippen LogP contribution < -0.4 is 23.8 Å². The number of amides is 1. The summed E-state index contributed by atoms with van der Waals surface area (Å²) in [4.78, 5) is 12.5. The van der Waals surface area contributed by atoms with Gasteiger partial charge in [-0.3, -0.25) is 9.10 Å². The molecule has 1 N–H and O–H groups in total. The van der Waals surface area contributed by atoms with Crippen LogP contribution in [-0.2, 0) is 14.8 Å². The monoisotopic (exact) mass is 442 g/mol. The van der Waals surface area contributed by atoms with Gasteiger partial charge in [0.05, 0.1) is 36.9 Å². The summed E-state index contributed by atoms with van der Waals surface area (Å²) in [6.45, 7) is 1.59. The van der Waals surface area contributed by atoms with Gasteiger partial charge in [0, 0.05) is 19.2 Å². The van der Waals surface area contributed by atoms with Crippen LogP contribution in [-0.4, -0.2) is 48.0 Å². The van der Waals surface area contributed by atoms with E-state index in [2.05, 4.69) is 5.32 Å². The van der Waals surface area contributed by atoms with Crippen LogP contribution in [0.15, 0.2) is 36.4 Å². The fourth-order valence-electron chi connectivity index (χ4n) is 2.38. The van der Waals surface area contributed by atoms with Gasteiger partial charge in [0.2, 0.25) is 10.0 Å². The molecule has 0 saturated carbocycles. The molecule has 0 unspecified atom stereocenters. The van der Waals surface area contributed by atoms with Gasteiger partial charge in [0.15, 0.2) is 6.10 Å². The molecule has 0 bridgehead atoms. The number of ether oxygens (including phenoxy) is 3. The Morgan fingerprint density at radius 3 is 2.21 bits per heavy atom. The van der Waals surface area contributed by atoms with Crippen molar-refractivity contribution in [3.05, 3.63) is 41.4 Å². The fourth-order valence-corrected chi connectivity index (χ4v) is 3.11. The normalized spacial score (nSPS) is 12.1. The molecular weight excluding hydrogens is 420 g/mol.